The SMILES string of the molecule is COc1cc(NC(=O)CN(C)C(C)C2CC(c3ccccc3)NN2)cc(OC)c1. The van der Waals surface area contributed by atoms with Crippen molar-refractivity contribution >= 4 is 11.6 Å². The second-order valence-corrected chi connectivity index (χ2v) is 7.40. The van der Waals surface area contributed by atoms with Gasteiger partial charge in [0.05, 0.1) is 20.8 Å². The van der Waals surface area contributed by atoms with E-state index in [1.165, 1.54) is 5.56 Å². The second-order valence-electron chi connectivity index (χ2n) is 7.40. The molecule has 0 aromatic heterocycles. The Labute approximate surface area is 172 Å². The molecule has 1 amide bonds. The van der Waals surface area contributed by atoms with E-state index in [4.69, 9.17) is 9.47 Å². The summed E-state index contributed by atoms with van der Waals surface area (Å²) < 4.78 is 10.5. The smallest absolute Gasteiger partial charge is 0.238 e. The second kappa shape index (κ2) is 9.73. The van der Waals surface area contributed by atoms with Crippen molar-refractivity contribution in [2.75, 3.05) is 33.1 Å². The lowest BCUT2D eigenvalue weighted by molar-refractivity contribution is -0.117. The summed E-state index contributed by atoms with van der Waals surface area (Å²) in [5.74, 6) is 1.18. The molecule has 0 bridgehead atoms. The maximum absolute atomic E-state index is 12.6. The van der Waals surface area contributed by atoms with E-state index in [-0.39, 0.29) is 30.6 Å². The number of likely N-dealkylation sites (N-methyl/N-ethyl adjacent to an activating group) is 1. The van der Waals surface area contributed by atoms with Crippen molar-refractivity contribution in [2.24, 2.45) is 0 Å². The zero-order valence-corrected chi connectivity index (χ0v) is 17.4. The van der Waals surface area contributed by atoms with E-state index in [1.807, 2.05) is 13.1 Å². The van der Waals surface area contributed by atoms with Crippen LogP contribution in [0.5, 0.6) is 11.5 Å². The lowest BCUT2D eigenvalue weighted by Crippen LogP contribution is -2.48. The number of hydrazine groups is 1. The third-order valence-corrected chi connectivity index (χ3v) is 5.44. The Hall–Kier alpha value is -2.61. The molecule has 0 aliphatic carbocycles. The predicted octanol–water partition coefficient (Wildman–Crippen LogP) is 2.57. The molecule has 29 heavy (non-hydrogen) atoms. The average Bonchev–Trinajstić information content (AvgIpc) is 3.23. The number of hydrogen-bond acceptors (Lipinski definition) is 6. The van der Waals surface area contributed by atoms with Crippen LogP contribution in [0.15, 0.2) is 48.5 Å². The van der Waals surface area contributed by atoms with Gasteiger partial charge in [0.1, 0.15) is 11.5 Å². The fraction of sp³-hybridized carbons (Fsp3) is 0.409. The lowest BCUT2D eigenvalue weighted by atomic mass is 9.98. The van der Waals surface area contributed by atoms with Gasteiger partial charge in [0.2, 0.25) is 5.91 Å². The molecule has 0 radical (unpaired) electrons. The van der Waals surface area contributed by atoms with Crippen molar-refractivity contribution < 1.29 is 14.3 Å². The predicted molar refractivity (Wildman–Crippen MR) is 114 cm³/mol. The van der Waals surface area contributed by atoms with Gasteiger partial charge in [-0.2, -0.15) is 0 Å². The first-order valence-electron chi connectivity index (χ1n) is 9.79. The first-order chi connectivity index (χ1) is 14.0. The molecule has 3 rings (SSSR count). The molecule has 3 unspecified atom stereocenters. The van der Waals surface area contributed by atoms with Crippen LogP contribution in [0.4, 0.5) is 5.69 Å². The Bertz CT molecular complexity index is 793. The number of carbonyl (C=O) groups is 1. The number of benzene rings is 2. The molecule has 7 nitrogen and oxygen atoms in total. The fourth-order valence-corrected chi connectivity index (χ4v) is 3.56. The fourth-order valence-electron chi connectivity index (χ4n) is 3.56. The molecule has 7 heteroatoms. The first kappa shape index (κ1) is 21.1. The third kappa shape index (κ3) is 5.47. The highest BCUT2D eigenvalue weighted by Gasteiger charge is 2.31. The van der Waals surface area contributed by atoms with Gasteiger partial charge in [-0.3, -0.25) is 15.1 Å². The average molecular weight is 399 g/mol. The van der Waals surface area contributed by atoms with Gasteiger partial charge in [-0.15, -0.1) is 0 Å². The highest BCUT2D eigenvalue weighted by molar-refractivity contribution is 5.92. The van der Waals surface area contributed by atoms with Crippen molar-refractivity contribution in [1.29, 1.82) is 0 Å². The van der Waals surface area contributed by atoms with Crippen molar-refractivity contribution in [3.8, 4) is 11.5 Å². The maximum Gasteiger partial charge on any atom is 0.238 e. The molecular formula is C22H30N4O3. The normalized spacial score (nSPS) is 19.8. The zero-order valence-electron chi connectivity index (χ0n) is 17.4. The molecule has 1 saturated heterocycles. The topological polar surface area (TPSA) is 74.9 Å². The van der Waals surface area contributed by atoms with Gasteiger partial charge in [0.15, 0.2) is 0 Å². The van der Waals surface area contributed by atoms with Gasteiger partial charge in [-0.05, 0) is 26.0 Å². The Kier molecular flexibility index (Phi) is 7.09. The number of amides is 1. The minimum atomic E-state index is -0.0831. The molecule has 3 atom stereocenters. The van der Waals surface area contributed by atoms with Crippen LogP contribution in [0.1, 0.15) is 24.9 Å². The van der Waals surface area contributed by atoms with E-state index >= 15 is 0 Å². The molecule has 2 aromatic carbocycles. The Morgan fingerprint density at radius 1 is 1.14 bits per heavy atom. The molecule has 1 fully saturated rings. The number of carbonyl (C=O) groups excluding carboxylic acids is 1. The summed E-state index contributed by atoms with van der Waals surface area (Å²) in [6.45, 7) is 2.42. The summed E-state index contributed by atoms with van der Waals surface area (Å²) in [5, 5.41) is 2.93. The summed E-state index contributed by atoms with van der Waals surface area (Å²) in [5.41, 5.74) is 8.67. The molecular weight excluding hydrogens is 368 g/mol. The van der Waals surface area contributed by atoms with Crippen LogP contribution in [0, 0.1) is 0 Å². The van der Waals surface area contributed by atoms with Gasteiger partial charge in [0.25, 0.3) is 0 Å². The summed E-state index contributed by atoms with van der Waals surface area (Å²) >= 11 is 0. The monoisotopic (exact) mass is 398 g/mol. The highest BCUT2D eigenvalue weighted by Crippen LogP contribution is 2.26. The Morgan fingerprint density at radius 2 is 1.79 bits per heavy atom. The lowest BCUT2D eigenvalue weighted by Gasteiger charge is -2.28. The Balaban J connectivity index is 1.54. The number of nitrogens with zero attached hydrogens (tertiary/aromatic N) is 1. The molecule has 1 aliphatic heterocycles. The van der Waals surface area contributed by atoms with Crippen molar-refractivity contribution in [2.45, 2.75) is 31.5 Å². The van der Waals surface area contributed by atoms with Crippen LogP contribution in [0.2, 0.25) is 0 Å². The van der Waals surface area contributed by atoms with Crippen LogP contribution < -0.4 is 25.6 Å². The minimum absolute atomic E-state index is 0.0831. The van der Waals surface area contributed by atoms with Crippen molar-refractivity contribution in [1.82, 2.24) is 15.8 Å². The maximum atomic E-state index is 12.6. The van der Waals surface area contributed by atoms with Crippen LogP contribution in [-0.4, -0.2) is 50.7 Å². The molecule has 156 valence electrons. The standard InChI is InChI=1S/C22H30N4O3/c1-15(20-13-21(25-24-20)16-8-6-5-7-9-16)26(2)14-22(27)23-17-10-18(28-3)12-19(11-17)29-4/h5-12,15,20-21,24-25H,13-14H2,1-4H3,(H,23,27). The first-order valence-corrected chi connectivity index (χ1v) is 9.79. The molecule has 2 aromatic rings. The molecule has 0 spiro atoms. The van der Waals surface area contributed by atoms with Gasteiger partial charge in [-0.25, -0.2) is 5.43 Å². The summed E-state index contributed by atoms with van der Waals surface area (Å²) in [7, 11) is 5.14. The van der Waals surface area contributed by atoms with E-state index in [1.54, 1.807) is 32.4 Å². The van der Waals surface area contributed by atoms with E-state index in [2.05, 4.69) is 52.3 Å². The molecule has 1 heterocycles. The van der Waals surface area contributed by atoms with E-state index in [0.29, 0.717) is 17.2 Å². The summed E-state index contributed by atoms with van der Waals surface area (Å²) in [6, 6.07) is 16.4. The number of methoxy groups -OCH3 is 2. The van der Waals surface area contributed by atoms with E-state index in [9.17, 15) is 4.79 Å². The summed E-state index contributed by atoms with van der Waals surface area (Å²) in [6.07, 6.45) is 0.963. The van der Waals surface area contributed by atoms with Gasteiger partial charge < -0.3 is 14.8 Å². The molecule has 3 N–H and O–H groups in total. The number of hydrogen-bond donors (Lipinski definition) is 3. The molecule has 0 saturated carbocycles. The number of ether oxygens (including phenoxy) is 2. The van der Waals surface area contributed by atoms with Crippen LogP contribution in [-0.2, 0) is 4.79 Å². The summed E-state index contributed by atoms with van der Waals surface area (Å²) in [4.78, 5) is 14.6. The number of anilines is 1. The van der Waals surface area contributed by atoms with Crippen LogP contribution >= 0.6 is 0 Å². The number of nitrogens with one attached hydrogen (secondary N) is 3. The van der Waals surface area contributed by atoms with E-state index < -0.39 is 0 Å². The quantitative estimate of drug-likeness (QED) is 0.635. The van der Waals surface area contributed by atoms with Gasteiger partial charge >= 0.3 is 0 Å². The van der Waals surface area contributed by atoms with Gasteiger partial charge in [-0.1, -0.05) is 30.3 Å². The van der Waals surface area contributed by atoms with E-state index in [0.717, 1.165) is 6.42 Å². The zero-order chi connectivity index (χ0) is 20.8. The van der Waals surface area contributed by atoms with Crippen LogP contribution in [0.3, 0.4) is 0 Å². The van der Waals surface area contributed by atoms with Crippen molar-refractivity contribution in [3.05, 3.63) is 54.1 Å². The Morgan fingerprint density at radius 3 is 2.41 bits per heavy atom. The minimum Gasteiger partial charge on any atom is -0.497 e. The van der Waals surface area contributed by atoms with Crippen LogP contribution in [0.25, 0.3) is 0 Å². The number of rotatable bonds is 8. The third-order valence-electron chi connectivity index (χ3n) is 5.44. The van der Waals surface area contributed by atoms with Crippen molar-refractivity contribution in [3.63, 3.8) is 0 Å². The largest absolute Gasteiger partial charge is 0.497 e. The van der Waals surface area contributed by atoms with Gasteiger partial charge in [0, 0.05) is 42.0 Å². The molecule has 1 aliphatic rings. The highest BCUT2D eigenvalue weighted by atomic mass is 16.5.